The molecule has 0 fully saturated rings. The number of aromatic nitrogens is 1. The van der Waals surface area contributed by atoms with Gasteiger partial charge in [0.25, 0.3) is 11.5 Å². The van der Waals surface area contributed by atoms with Crippen molar-refractivity contribution in [3.63, 3.8) is 0 Å². The normalized spacial score (nSPS) is 14.7. The van der Waals surface area contributed by atoms with Crippen molar-refractivity contribution in [3.05, 3.63) is 94.0 Å². The van der Waals surface area contributed by atoms with Crippen molar-refractivity contribution >= 4 is 17.1 Å². The molecule has 4 rings (SSSR count). The van der Waals surface area contributed by atoms with Gasteiger partial charge < -0.3 is 14.4 Å². The van der Waals surface area contributed by atoms with E-state index in [1.54, 1.807) is 23.5 Å². The molecule has 176 valence electrons. The number of hydrogen-bond acceptors (Lipinski definition) is 6. The fourth-order valence-corrected chi connectivity index (χ4v) is 4.94. The minimum atomic E-state index is -0.128. The average molecular weight is 479 g/mol. The fraction of sp³-hybridized carbons (Fsp3) is 0.259. The smallest absolute Gasteiger partial charge is 0.264 e. The Bertz CT molecular complexity index is 1170. The molecule has 0 aliphatic heterocycles. The largest absolute Gasteiger partial charge is 0.490 e. The van der Waals surface area contributed by atoms with Gasteiger partial charge in [-0.2, -0.15) is 9.45 Å². The van der Waals surface area contributed by atoms with Crippen molar-refractivity contribution in [3.8, 4) is 17.2 Å². The van der Waals surface area contributed by atoms with E-state index in [0.717, 1.165) is 17.0 Å². The Morgan fingerprint density at radius 3 is 2.62 bits per heavy atom. The molecular weight excluding hydrogens is 450 g/mol. The summed E-state index contributed by atoms with van der Waals surface area (Å²) in [7, 11) is 3.34. The minimum Gasteiger partial charge on any atom is -0.490 e. The van der Waals surface area contributed by atoms with E-state index in [1.165, 1.54) is 7.11 Å². The third-order valence-electron chi connectivity index (χ3n) is 5.50. The second kappa shape index (κ2) is 11.1. The Morgan fingerprint density at radius 1 is 1.12 bits per heavy atom. The molecule has 7 heteroatoms. The molecule has 3 aromatic rings. The van der Waals surface area contributed by atoms with Crippen molar-refractivity contribution in [2.24, 2.45) is 7.05 Å². The summed E-state index contributed by atoms with van der Waals surface area (Å²) < 4.78 is 13.9. The molecule has 0 saturated heterocycles. The highest BCUT2D eigenvalue weighted by atomic mass is 32.1. The SMILES string of the molecule is CCOc1cc(C(=O)c2csc(C3C=CC=CC3)[n+]2C)cc(OOC)c1OCc1ccccc1. The van der Waals surface area contributed by atoms with Crippen LogP contribution in [-0.2, 0) is 18.5 Å². The van der Waals surface area contributed by atoms with Gasteiger partial charge in [0.1, 0.15) is 13.7 Å². The van der Waals surface area contributed by atoms with Gasteiger partial charge in [-0.1, -0.05) is 66.0 Å². The Kier molecular flexibility index (Phi) is 7.77. The van der Waals surface area contributed by atoms with Gasteiger partial charge in [-0.3, -0.25) is 4.79 Å². The zero-order chi connectivity index (χ0) is 23.9. The monoisotopic (exact) mass is 478 g/mol. The summed E-state index contributed by atoms with van der Waals surface area (Å²) in [5.74, 6) is 1.23. The molecule has 0 bridgehead atoms. The summed E-state index contributed by atoms with van der Waals surface area (Å²) in [5, 5.41) is 3.03. The first-order valence-electron chi connectivity index (χ1n) is 11.2. The van der Waals surface area contributed by atoms with E-state index >= 15 is 0 Å². The van der Waals surface area contributed by atoms with Gasteiger partial charge in [-0.05, 0) is 31.0 Å². The van der Waals surface area contributed by atoms with E-state index < -0.39 is 0 Å². The number of thiazole rings is 1. The third-order valence-corrected chi connectivity index (χ3v) is 6.65. The van der Waals surface area contributed by atoms with Crippen LogP contribution >= 0.6 is 11.3 Å². The number of ketones is 1. The minimum absolute atomic E-state index is 0.128. The molecule has 0 radical (unpaired) electrons. The Morgan fingerprint density at radius 2 is 1.91 bits per heavy atom. The van der Waals surface area contributed by atoms with Gasteiger partial charge in [0.05, 0.1) is 25.0 Å². The summed E-state index contributed by atoms with van der Waals surface area (Å²) in [6.07, 6.45) is 9.32. The molecule has 0 spiro atoms. The summed E-state index contributed by atoms with van der Waals surface area (Å²) in [6.45, 7) is 2.60. The lowest BCUT2D eigenvalue weighted by Crippen LogP contribution is -2.38. The molecule has 0 amide bonds. The van der Waals surface area contributed by atoms with Gasteiger partial charge in [-0.25, -0.2) is 0 Å². The second-order valence-electron chi connectivity index (χ2n) is 7.76. The van der Waals surface area contributed by atoms with E-state index in [2.05, 4.69) is 12.2 Å². The van der Waals surface area contributed by atoms with Gasteiger partial charge >= 0.3 is 0 Å². The number of carbonyl (C=O) groups excluding carboxylic acids is 1. The summed E-state index contributed by atoms with van der Waals surface area (Å²) >= 11 is 1.59. The first-order valence-corrected chi connectivity index (χ1v) is 12.0. The molecule has 1 atom stereocenters. The Balaban J connectivity index is 1.66. The van der Waals surface area contributed by atoms with Crippen LogP contribution in [0.25, 0.3) is 0 Å². The molecule has 6 nitrogen and oxygen atoms in total. The Labute approximate surface area is 203 Å². The van der Waals surface area contributed by atoms with E-state index in [4.69, 9.17) is 19.2 Å². The van der Waals surface area contributed by atoms with E-state index in [0.29, 0.717) is 36.0 Å². The maximum atomic E-state index is 13.5. The lowest BCUT2D eigenvalue weighted by atomic mass is 10.0. The molecule has 1 unspecified atom stereocenters. The third kappa shape index (κ3) is 5.21. The number of ether oxygens (including phenoxy) is 2. The molecular formula is C27H28NO5S+. The maximum absolute atomic E-state index is 13.5. The van der Waals surface area contributed by atoms with Crippen LogP contribution in [0.1, 0.15) is 45.9 Å². The van der Waals surface area contributed by atoms with Crippen molar-refractivity contribution in [2.45, 2.75) is 25.9 Å². The van der Waals surface area contributed by atoms with E-state index in [-0.39, 0.29) is 17.5 Å². The highest BCUT2D eigenvalue weighted by molar-refractivity contribution is 7.09. The van der Waals surface area contributed by atoms with Crippen LogP contribution in [0.2, 0.25) is 0 Å². The van der Waals surface area contributed by atoms with Gasteiger partial charge in [0.2, 0.25) is 16.5 Å². The van der Waals surface area contributed by atoms with E-state index in [1.807, 2.05) is 66.4 Å². The second-order valence-corrected chi connectivity index (χ2v) is 8.65. The lowest BCUT2D eigenvalue weighted by molar-refractivity contribution is -0.676. The van der Waals surface area contributed by atoms with Crippen molar-refractivity contribution in [1.29, 1.82) is 0 Å². The summed E-state index contributed by atoms with van der Waals surface area (Å²) in [5.41, 5.74) is 2.03. The van der Waals surface area contributed by atoms with Gasteiger partial charge in [0, 0.05) is 5.56 Å². The van der Waals surface area contributed by atoms with Gasteiger partial charge in [-0.15, -0.1) is 0 Å². The predicted molar refractivity (Wildman–Crippen MR) is 131 cm³/mol. The van der Waals surface area contributed by atoms with E-state index in [9.17, 15) is 4.79 Å². The number of hydrogen-bond donors (Lipinski definition) is 0. The summed E-state index contributed by atoms with van der Waals surface area (Å²) in [4.78, 5) is 23.9. The topological polar surface area (TPSA) is 57.9 Å². The standard InChI is InChI=1S/C27H28NO5S/c1-4-31-23-15-21(16-24(33-30-3)26(23)32-17-19-11-7-5-8-12-19)25(29)22-18-34-27(28(22)2)20-13-9-6-10-14-20/h5-13,15-16,18,20H,4,14,17H2,1-3H3/q+1. The zero-order valence-corrected chi connectivity index (χ0v) is 20.3. The molecule has 1 aromatic heterocycles. The van der Waals surface area contributed by atoms with Crippen LogP contribution in [0.3, 0.4) is 0 Å². The highest BCUT2D eigenvalue weighted by Crippen LogP contribution is 2.40. The van der Waals surface area contributed by atoms with Crippen LogP contribution in [0.15, 0.2) is 72.1 Å². The first-order chi connectivity index (χ1) is 16.6. The van der Waals surface area contributed by atoms with Crippen LogP contribution in [0.5, 0.6) is 17.2 Å². The van der Waals surface area contributed by atoms with Crippen molar-refractivity contribution in [1.82, 2.24) is 0 Å². The fourth-order valence-electron chi connectivity index (χ4n) is 3.84. The first kappa shape index (κ1) is 23.7. The van der Waals surface area contributed by atoms with Crippen LogP contribution in [0, 0.1) is 0 Å². The number of nitrogens with zero attached hydrogens (tertiary/aromatic N) is 1. The van der Waals surface area contributed by atoms with Crippen LogP contribution in [0.4, 0.5) is 0 Å². The highest BCUT2D eigenvalue weighted by Gasteiger charge is 2.30. The molecule has 0 N–H and O–H groups in total. The van der Waals surface area contributed by atoms with Crippen LogP contribution in [-0.4, -0.2) is 19.5 Å². The number of benzene rings is 2. The molecule has 2 aromatic carbocycles. The zero-order valence-electron chi connectivity index (χ0n) is 19.5. The number of rotatable bonds is 10. The summed E-state index contributed by atoms with van der Waals surface area (Å²) in [6, 6.07) is 13.1. The maximum Gasteiger partial charge on any atom is 0.264 e. The van der Waals surface area contributed by atoms with Crippen molar-refractivity contribution < 1.29 is 28.6 Å². The lowest BCUT2D eigenvalue weighted by Gasteiger charge is -2.16. The molecule has 1 aliphatic rings. The molecule has 1 heterocycles. The molecule has 1 aliphatic carbocycles. The Hall–Kier alpha value is -3.42. The predicted octanol–water partition coefficient (Wildman–Crippen LogP) is 5.32. The average Bonchev–Trinajstić information content (AvgIpc) is 3.25. The van der Waals surface area contributed by atoms with Crippen LogP contribution < -0.4 is 18.9 Å². The molecule has 0 saturated carbocycles. The number of allylic oxidation sites excluding steroid dienone is 4. The molecule has 34 heavy (non-hydrogen) atoms. The van der Waals surface area contributed by atoms with Gasteiger partial charge in [0.15, 0.2) is 5.75 Å². The quantitative estimate of drug-likeness (QED) is 0.171. The number of carbonyl (C=O) groups is 1. The van der Waals surface area contributed by atoms with Crippen molar-refractivity contribution in [2.75, 3.05) is 13.7 Å².